The molecule has 64 valence electrons. The smallest absolute Gasteiger partial charge is 0.0864 e. The monoisotopic (exact) mass is 165 g/mol. The third kappa shape index (κ3) is 1.33. The second-order valence-electron chi connectivity index (χ2n) is 3.00. The first kappa shape index (κ1) is 7.71. The van der Waals surface area contributed by atoms with Gasteiger partial charge in [-0.05, 0) is 11.6 Å². The van der Waals surface area contributed by atoms with Crippen LogP contribution in [0, 0.1) is 0 Å². The standard InChI is InChI=1S/C9H11NO2/c11-9-6-12-5-8(9)7-2-1-3-10-4-7/h1-4,8-9,11H,5-6H2. The van der Waals surface area contributed by atoms with Gasteiger partial charge in [0, 0.05) is 18.3 Å². The van der Waals surface area contributed by atoms with Crippen LogP contribution in [0.15, 0.2) is 24.5 Å². The summed E-state index contributed by atoms with van der Waals surface area (Å²) in [6, 6.07) is 3.84. The van der Waals surface area contributed by atoms with Gasteiger partial charge in [0.2, 0.25) is 0 Å². The zero-order chi connectivity index (χ0) is 8.39. The van der Waals surface area contributed by atoms with Gasteiger partial charge >= 0.3 is 0 Å². The van der Waals surface area contributed by atoms with Crippen LogP contribution in [0.2, 0.25) is 0 Å². The fourth-order valence-corrected chi connectivity index (χ4v) is 1.46. The van der Waals surface area contributed by atoms with Crippen molar-refractivity contribution in [3.8, 4) is 0 Å². The van der Waals surface area contributed by atoms with E-state index in [4.69, 9.17) is 4.74 Å². The summed E-state index contributed by atoms with van der Waals surface area (Å²) in [7, 11) is 0. The van der Waals surface area contributed by atoms with Gasteiger partial charge in [0.15, 0.2) is 0 Å². The highest BCUT2D eigenvalue weighted by Gasteiger charge is 2.27. The van der Waals surface area contributed by atoms with Crippen molar-refractivity contribution in [2.24, 2.45) is 0 Å². The minimum absolute atomic E-state index is 0.110. The molecule has 2 rings (SSSR count). The Balaban J connectivity index is 2.19. The number of aromatic nitrogens is 1. The topological polar surface area (TPSA) is 42.4 Å². The number of aliphatic hydroxyl groups is 1. The average Bonchev–Trinajstić information content (AvgIpc) is 2.53. The van der Waals surface area contributed by atoms with E-state index in [9.17, 15) is 5.11 Å². The maximum Gasteiger partial charge on any atom is 0.0864 e. The fraction of sp³-hybridized carbons (Fsp3) is 0.444. The molecule has 0 aliphatic carbocycles. The minimum Gasteiger partial charge on any atom is -0.390 e. The lowest BCUT2D eigenvalue weighted by molar-refractivity contribution is 0.124. The summed E-state index contributed by atoms with van der Waals surface area (Å²) in [4.78, 5) is 4.00. The van der Waals surface area contributed by atoms with Gasteiger partial charge in [0.1, 0.15) is 0 Å². The van der Waals surface area contributed by atoms with Crippen molar-refractivity contribution in [3.63, 3.8) is 0 Å². The van der Waals surface area contributed by atoms with Gasteiger partial charge in [0.25, 0.3) is 0 Å². The molecule has 1 saturated heterocycles. The zero-order valence-electron chi connectivity index (χ0n) is 6.68. The molecule has 1 fully saturated rings. The summed E-state index contributed by atoms with van der Waals surface area (Å²) >= 11 is 0. The number of hydrogen-bond donors (Lipinski definition) is 1. The van der Waals surface area contributed by atoms with Crippen LogP contribution in [0.4, 0.5) is 0 Å². The fourth-order valence-electron chi connectivity index (χ4n) is 1.46. The Hall–Kier alpha value is -0.930. The van der Waals surface area contributed by atoms with Crippen molar-refractivity contribution in [2.75, 3.05) is 13.2 Å². The molecule has 2 heterocycles. The molecule has 1 aliphatic heterocycles. The van der Waals surface area contributed by atoms with E-state index in [1.165, 1.54) is 0 Å². The second kappa shape index (κ2) is 3.21. The van der Waals surface area contributed by atoms with E-state index < -0.39 is 0 Å². The first-order valence-corrected chi connectivity index (χ1v) is 4.03. The predicted octanol–water partition coefficient (Wildman–Crippen LogP) is 0.556. The molecule has 0 aromatic carbocycles. The Morgan fingerprint density at radius 1 is 1.50 bits per heavy atom. The molecule has 3 nitrogen and oxygen atoms in total. The molecule has 0 radical (unpaired) electrons. The van der Waals surface area contributed by atoms with Crippen LogP contribution in [0.5, 0.6) is 0 Å². The maximum atomic E-state index is 9.49. The van der Waals surface area contributed by atoms with E-state index in [1.54, 1.807) is 12.4 Å². The normalized spacial score (nSPS) is 29.1. The Bertz CT molecular complexity index is 250. The largest absolute Gasteiger partial charge is 0.390 e. The Morgan fingerprint density at radius 3 is 3.00 bits per heavy atom. The summed E-state index contributed by atoms with van der Waals surface area (Å²) in [5.41, 5.74) is 1.06. The molecule has 1 aliphatic rings. The van der Waals surface area contributed by atoms with Crippen LogP contribution in [0.3, 0.4) is 0 Å². The number of pyridine rings is 1. The van der Waals surface area contributed by atoms with Crippen molar-refractivity contribution in [3.05, 3.63) is 30.1 Å². The third-order valence-electron chi connectivity index (χ3n) is 2.16. The molecular weight excluding hydrogens is 154 g/mol. The number of hydrogen-bond acceptors (Lipinski definition) is 3. The van der Waals surface area contributed by atoms with E-state index in [0.717, 1.165) is 5.56 Å². The molecule has 0 saturated carbocycles. The maximum absolute atomic E-state index is 9.49. The number of aliphatic hydroxyl groups excluding tert-OH is 1. The van der Waals surface area contributed by atoms with Crippen LogP contribution >= 0.6 is 0 Å². The Morgan fingerprint density at radius 2 is 2.42 bits per heavy atom. The molecular formula is C9H11NO2. The molecule has 2 unspecified atom stereocenters. The molecule has 1 N–H and O–H groups in total. The van der Waals surface area contributed by atoms with Gasteiger partial charge in [-0.15, -0.1) is 0 Å². The highest BCUT2D eigenvalue weighted by Crippen LogP contribution is 2.24. The lowest BCUT2D eigenvalue weighted by Crippen LogP contribution is -2.15. The van der Waals surface area contributed by atoms with Gasteiger partial charge in [-0.3, -0.25) is 4.98 Å². The summed E-state index contributed by atoms with van der Waals surface area (Å²) in [6.07, 6.45) is 3.14. The van der Waals surface area contributed by atoms with Crippen molar-refractivity contribution in [2.45, 2.75) is 12.0 Å². The first-order valence-electron chi connectivity index (χ1n) is 4.03. The van der Waals surface area contributed by atoms with E-state index in [1.807, 2.05) is 12.1 Å². The van der Waals surface area contributed by atoms with E-state index >= 15 is 0 Å². The Kier molecular flexibility index (Phi) is 2.06. The molecule has 12 heavy (non-hydrogen) atoms. The minimum atomic E-state index is -0.366. The number of ether oxygens (including phenoxy) is 1. The van der Waals surface area contributed by atoms with Gasteiger partial charge in [-0.2, -0.15) is 0 Å². The number of rotatable bonds is 1. The lowest BCUT2D eigenvalue weighted by Gasteiger charge is -2.10. The van der Waals surface area contributed by atoms with E-state index in [2.05, 4.69) is 4.98 Å². The van der Waals surface area contributed by atoms with Crippen LogP contribution in [-0.4, -0.2) is 29.4 Å². The number of nitrogens with zero attached hydrogens (tertiary/aromatic N) is 1. The molecule has 1 aromatic rings. The van der Waals surface area contributed by atoms with E-state index in [-0.39, 0.29) is 12.0 Å². The van der Waals surface area contributed by atoms with Gasteiger partial charge in [0.05, 0.1) is 19.3 Å². The average molecular weight is 165 g/mol. The summed E-state index contributed by atoms with van der Waals surface area (Å²) in [5.74, 6) is 0.110. The van der Waals surface area contributed by atoms with Gasteiger partial charge in [-0.25, -0.2) is 0 Å². The van der Waals surface area contributed by atoms with E-state index in [0.29, 0.717) is 13.2 Å². The highest BCUT2D eigenvalue weighted by atomic mass is 16.5. The van der Waals surface area contributed by atoms with Crippen LogP contribution in [0.1, 0.15) is 11.5 Å². The molecule has 0 bridgehead atoms. The SMILES string of the molecule is OC1COCC1c1cccnc1. The third-order valence-corrected chi connectivity index (χ3v) is 2.16. The second-order valence-corrected chi connectivity index (χ2v) is 3.00. The van der Waals surface area contributed by atoms with Crippen molar-refractivity contribution in [1.29, 1.82) is 0 Å². The summed E-state index contributed by atoms with van der Waals surface area (Å²) < 4.78 is 5.15. The Labute approximate surface area is 71.0 Å². The molecule has 1 aromatic heterocycles. The quantitative estimate of drug-likeness (QED) is 0.661. The van der Waals surface area contributed by atoms with Crippen LogP contribution < -0.4 is 0 Å². The lowest BCUT2D eigenvalue weighted by atomic mass is 9.98. The summed E-state index contributed by atoms with van der Waals surface area (Å²) in [6.45, 7) is 1.05. The van der Waals surface area contributed by atoms with Crippen molar-refractivity contribution < 1.29 is 9.84 Å². The van der Waals surface area contributed by atoms with Gasteiger partial charge < -0.3 is 9.84 Å². The van der Waals surface area contributed by atoms with Crippen molar-refractivity contribution in [1.82, 2.24) is 4.98 Å². The molecule has 0 amide bonds. The molecule has 3 heteroatoms. The van der Waals surface area contributed by atoms with Crippen LogP contribution in [0.25, 0.3) is 0 Å². The molecule has 0 spiro atoms. The summed E-state index contributed by atoms with van der Waals surface area (Å²) in [5, 5.41) is 9.49. The van der Waals surface area contributed by atoms with Crippen molar-refractivity contribution >= 4 is 0 Å². The first-order chi connectivity index (χ1) is 5.88. The molecule has 2 atom stereocenters. The van der Waals surface area contributed by atoms with Crippen LogP contribution in [-0.2, 0) is 4.74 Å². The zero-order valence-corrected chi connectivity index (χ0v) is 6.68. The highest BCUT2D eigenvalue weighted by molar-refractivity contribution is 5.17. The van der Waals surface area contributed by atoms with Gasteiger partial charge in [-0.1, -0.05) is 6.07 Å². The predicted molar refractivity (Wildman–Crippen MR) is 43.8 cm³/mol.